The van der Waals surface area contributed by atoms with Crippen LogP contribution in [0, 0.1) is 11.7 Å². The van der Waals surface area contributed by atoms with Crippen molar-refractivity contribution in [3.8, 4) is 0 Å². The van der Waals surface area contributed by atoms with Gasteiger partial charge in [-0.1, -0.05) is 18.5 Å². The number of nitrogens with zero attached hydrogens (tertiary/aromatic N) is 1. The van der Waals surface area contributed by atoms with Gasteiger partial charge in [0.1, 0.15) is 5.82 Å². The third kappa shape index (κ3) is 2.24. The van der Waals surface area contributed by atoms with Crippen molar-refractivity contribution in [1.82, 2.24) is 0 Å². The van der Waals surface area contributed by atoms with Crippen molar-refractivity contribution in [3.05, 3.63) is 23.0 Å². The van der Waals surface area contributed by atoms with Crippen LogP contribution < -0.4 is 10.6 Å². The molecule has 0 aliphatic carbocycles. The van der Waals surface area contributed by atoms with Crippen LogP contribution in [0.15, 0.2) is 12.1 Å². The van der Waals surface area contributed by atoms with Crippen molar-refractivity contribution >= 4 is 23.0 Å². The fourth-order valence-electron chi connectivity index (χ4n) is 2.23. The van der Waals surface area contributed by atoms with E-state index in [2.05, 4.69) is 11.8 Å². The van der Waals surface area contributed by atoms with Crippen molar-refractivity contribution in [1.29, 1.82) is 0 Å². The Balaban J connectivity index is 2.29. The first-order valence-corrected chi connectivity index (χ1v) is 5.95. The summed E-state index contributed by atoms with van der Waals surface area (Å²) in [6.45, 7) is 4.15. The lowest BCUT2D eigenvalue weighted by molar-refractivity contribution is 0.447. The first-order chi connectivity index (χ1) is 7.58. The maximum absolute atomic E-state index is 13.2. The van der Waals surface area contributed by atoms with E-state index in [-0.39, 0.29) is 5.02 Å². The van der Waals surface area contributed by atoms with Crippen molar-refractivity contribution in [2.45, 2.75) is 19.8 Å². The Labute approximate surface area is 100 Å². The maximum Gasteiger partial charge on any atom is 0.143 e. The summed E-state index contributed by atoms with van der Waals surface area (Å²) < 4.78 is 13.2. The molecule has 2 rings (SSSR count). The summed E-state index contributed by atoms with van der Waals surface area (Å²) in [5.74, 6) is 0.199. The van der Waals surface area contributed by atoms with Crippen LogP contribution in [0.4, 0.5) is 15.8 Å². The number of halogens is 2. The summed E-state index contributed by atoms with van der Waals surface area (Å²) in [7, 11) is 0. The Kier molecular flexibility index (Phi) is 3.24. The van der Waals surface area contributed by atoms with E-state index in [9.17, 15) is 4.39 Å². The van der Waals surface area contributed by atoms with Gasteiger partial charge < -0.3 is 10.6 Å². The minimum atomic E-state index is -0.451. The molecular weight excluding hydrogens is 227 g/mol. The third-order valence-corrected chi connectivity index (χ3v) is 3.36. The lowest BCUT2D eigenvalue weighted by Crippen LogP contribution is -2.34. The van der Waals surface area contributed by atoms with E-state index in [4.69, 9.17) is 17.3 Å². The number of benzene rings is 1. The van der Waals surface area contributed by atoms with Gasteiger partial charge in [-0.25, -0.2) is 4.39 Å². The van der Waals surface area contributed by atoms with E-state index in [0.29, 0.717) is 11.6 Å². The van der Waals surface area contributed by atoms with Gasteiger partial charge >= 0.3 is 0 Å². The zero-order valence-electron chi connectivity index (χ0n) is 9.34. The molecule has 0 aromatic heterocycles. The molecular formula is C12H16ClFN2. The number of rotatable bonds is 1. The van der Waals surface area contributed by atoms with Gasteiger partial charge in [-0.15, -0.1) is 0 Å². The van der Waals surface area contributed by atoms with Gasteiger partial charge in [-0.2, -0.15) is 0 Å². The Bertz CT molecular complexity index is 395. The fraction of sp³-hybridized carbons (Fsp3) is 0.500. The zero-order chi connectivity index (χ0) is 11.7. The summed E-state index contributed by atoms with van der Waals surface area (Å²) in [5.41, 5.74) is 7.15. The normalized spacial score (nSPS) is 21.2. The van der Waals surface area contributed by atoms with E-state index < -0.39 is 5.82 Å². The highest BCUT2D eigenvalue weighted by Crippen LogP contribution is 2.32. The SMILES string of the molecule is CC1CCCN(c2cc(Cl)c(F)cc2N)C1. The van der Waals surface area contributed by atoms with Gasteiger partial charge in [0.15, 0.2) is 0 Å². The molecule has 1 heterocycles. The molecule has 1 saturated heterocycles. The van der Waals surface area contributed by atoms with Gasteiger partial charge in [0.25, 0.3) is 0 Å². The van der Waals surface area contributed by atoms with Crippen LogP contribution in [0.1, 0.15) is 19.8 Å². The minimum Gasteiger partial charge on any atom is -0.397 e. The molecule has 1 aromatic rings. The summed E-state index contributed by atoms with van der Waals surface area (Å²) in [6.07, 6.45) is 2.39. The van der Waals surface area contributed by atoms with E-state index >= 15 is 0 Å². The molecule has 0 bridgehead atoms. The molecule has 0 spiro atoms. The average Bonchev–Trinajstić information content (AvgIpc) is 2.23. The molecule has 1 unspecified atom stereocenters. The Morgan fingerprint density at radius 3 is 2.94 bits per heavy atom. The summed E-state index contributed by atoms with van der Waals surface area (Å²) >= 11 is 5.78. The van der Waals surface area contributed by atoms with Gasteiger partial charge in [-0.05, 0) is 24.8 Å². The molecule has 1 fully saturated rings. The monoisotopic (exact) mass is 242 g/mol. The Morgan fingerprint density at radius 2 is 2.25 bits per heavy atom. The third-order valence-electron chi connectivity index (χ3n) is 3.07. The minimum absolute atomic E-state index is 0.141. The molecule has 4 heteroatoms. The highest BCUT2D eigenvalue weighted by molar-refractivity contribution is 6.31. The summed E-state index contributed by atoms with van der Waals surface area (Å²) in [4.78, 5) is 2.19. The van der Waals surface area contributed by atoms with Crippen LogP contribution >= 0.6 is 11.6 Å². The van der Waals surface area contributed by atoms with Gasteiger partial charge in [0.2, 0.25) is 0 Å². The van der Waals surface area contributed by atoms with Crippen LogP contribution in [0.5, 0.6) is 0 Å². The van der Waals surface area contributed by atoms with Crippen molar-refractivity contribution in [3.63, 3.8) is 0 Å². The molecule has 0 amide bonds. The Morgan fingerprint density at radius 1 is 1.50 bits per heavy atom. The first-order valence-electron chi connectivity index (χ1n) is 5.57. The van der Waals surface area contributed by atoms with Gasteiger partial charge in [-0.3, -0.25) is 0 Å². The molecule has 1 aliphatic rings. The van der Waals surface area contributed by atoms with E-state index in [1.54, 1.807) is 6.07 Å². The lowest BCUT2D eigenvalue weighted by Gasteiger charge is -2.33. The van der Waals surface area contributed by atoms with Crippen molar-refractivity contribution in [2.75, 3.05) is 23.7 Å². The molecule has 1 aromatic carbocycles. The highest BCUT2D eigenvalue weighted by atomic mass is 35.5. The number of nitrogens with two attached hydrogens (primary N) is 1. The molecule has 1 atom stereocenters. The zero-order valence-corrected chi connectivity index (χ0v) is 10.1. The van der Waals surface area contributed by atoms with Crippen LogP contribution in [-0.4, -0.2) is 13.1 Å². The van der Waals surface area contributed by atoms with E-state index in [1.165, 1.54) is 12.5 Å². The second-order valence-corrected chi connectivity index (χ2v) is 4.93. The Hall–Kier alpha value is -0.960. The average molecular weight is 243 g/mol. The molecule has 2 nitrogen and oxygen atoms in total. The van der Waals surface area contributed by atoms with Crippen LogP contribution in [0.2, 0.25) is 5.02 Å². The smallest absolute Gasteiger partial charge is 0.143 e. The lowest BCUT2D eigenvalue weighted by atomic mass is 9.99. The predicted octanol–water partition coefficient (Wildman–Crippen LogP) is 3.30. The molecule has 16 heavy (non-hydrogen) atoms. The largest absolute Gasteiger partial charge is 0.397 e. The van der Waals surface area contributed by atoms with Crippen LogP contribution in [-0.2, 0) is 0 Å². The van der Waals surface area contributed by atoms with Crippen molar-refractivity contribution < 1.29 is 4.39 Å². The van der Waals surface area contributed by atoms with Crippen LogP contribution in [0.3, 0.4) is 0 Å². The quantitative estimate of drug-likeness (QED) is 0.766. The number of piperidine rings is 1. The molecule has 88 valence electrons. The maximum atomic E-state index is 13.2. The predicted molar refractivity (Wildman–Crippen MR) is 66.4 cm³/mol. The second-order valence-electron chi connectivity index (χ2n) is 4.52. The molecule has 0 radical (unpaired) electrons. The van der Waals surface area contributed by atoms with E-state index in [1.807, 2.05) is 0 Å². The number of hydrogen-bond donors (Lipinski definition) is 1. The number of nitrogen functional groups attached to an aromatic ring is 1. The van der Waals surface area contributed by atoms with Gasteiger partial charge in [0.05, 0.1) is 16.4 Å². The van der Waals surface area contributed by atoms with Crippen molar-refractivity contribution in [2.24, 2.45) is 5.92 Å². The summed E-state index contributed by atoms with van der Waals surface area (Å²) in [5, 5.41) is 0.141. The number of anilines is 2. The fourth-order valence-corrected chi connectivity index (χ4v) is 2.39. The van der Waals surface area contributed by atoms with Crippen LogP contribution in [0.25, 0.3) is 0 Å². The topological polar surface area (TPSA) is 29.3 Å². The first kappa shape index (κ1) is 11.5. The highest BCUT2D eigenvalue weighted by Gasteiger charge is 2.19. The molecule has 1 aliphatic heterocycles. The second kappa shape index (κ2) is 4.50. The molecule has 2 N–H and O–H groups in total. The standard InChI is InChI=1S/C12H16ClFN2/c1-8-3-2-4-16(7-8)12-5-9(13)10(14)6-11(12)15/h5-6,8H,2-4,7,15H2,1H3. The van der Waals surface area contributed by atoms with E-state index in [0.717, 1.165) is 25.2 Å². The summed E-state index contributed by atoms with van der Waals surface area (Å²) in [6, 6.07) is 2.93. The molecule has 0 saturated carbocycles. The number of hydrogen-bond acceptors (Lipinski definition) is 2. The van der Waals surface area contributed by atoms with Gasteiger partial charge in [0, 0.05) is 19.2 Å².